The molecule has 0 unspecified atom stereocenters. The molecule has 30 heavy (non-hydrogen) atoms. The lowest BCUT2D eigenvalue weighted by Crippen LogP contribution is -2.47. The number of aryl methyl sites for hydroxylation is 1. The van der Waals surface area contributed by atoms with Crippen molar-refractivity contribution in [1.82, 2.24) is 4.90 Å². The maximum atomic E-state index is 12.5. The van der Waals surface area contributed by atoms with Gasteiger partial charge in [0, 0.05) is 19.3 Å². The van der Waals surface area contributed by atoms with Crippen LogP contribution in [-0.4, -0.2) is 61.0 Å². The zero-order valence-corrected chi connectivity index (χ0v) is 18.6. The zero-order valence-electron chi connectivity index (χ0n) is 17.8. The molecule has 2 aromatic carbocycles. The van der Waals surface area contributed by atoms with Crippen molar-refractivity contribution in [2.75, 3.05) is 48.4 Å². The second-order valence-corrected chi connectivity index (χ2v) is 8.42. The van der Waals surface area contributed by atoms with Crippen molar-refractivity contribution in [2.24, 2.45) is 0 Å². The van der Waals surface area contributed by atoms with Crippen LogP contribution in [-0.2, 0) is 9.59 Å². The summed E-state index contributed by atoms with van der Waals surface area (Å²) in [5.74, 6) is 1.25. The van der Waals surface area contributed by atoms with Crippen LogP contribution in [0.25, 0.3) is 0 Å². The topological polar surface area (TPSA) is 61.9 Å². The fraction of sp³-hybridized carbons (Fsp3) is 0.391. The number of ether oxygens (including phenoxy) is 1. The van der Waals surface area contributed by atoms with Gasteiger partial charge in [-0.15, -0.1) is 11.8 Å². The first kappa shape index (κ1) is 22.0. The summed E-state index contributed by atoms with van der Waals surface area (Å²) in [5, 5.41) is 2.86. The van der Waals surface area contributed by atoms with E-state index >= 15 is 0 Å². The molecule has 6 nitrogen and oxygen atoms in total. The number of hydrogen-bond donors (Lipinski definition) is 1. The van der Waals surface area contributed by atoms with Gasteiger partial charge in [-0.25, -0.2) is 0 Å². The Bertz CT molecular complexity index is 890. The normalized spacial score (nSPS) is 15.2. The van der Waals surface area contributed by atoms with Crippen molar-refractivity contribution in [1.29, 1.82) is 0 Å². The summed E-state index contributed by atoms with van der Waals surface area (Å²) >= 11 is 1.32. The van der Waals surface area contributed by atoms with E-state index in [0.717, 1.165) is 35.8 Å². The molecular weight excluding hydrogens is 398 g/mol. The number of nitrogens with one attached hydrogen (secondary N) is 1. The van der Waals surface area contributed by atoms with Crippen LogP contribution in [0.3, 0.4) is 0 Å². The third kappa shape index (κ3) is 5.92. The number of rotatable bonds is 8. The molecular formula is C23H29N3O3S. The van der Waals surface area contributed by atoms with E-state index in [9.17, 15) is 9.59 Å². The van der Waals surface area contributed by atoms with Gasteiger partial charge in [0.2, 0.25) is 11.8 Å². The average Bonchev–Trinajstić information content (AvgIpc) is 2.73. The first-order valence-corrected chi connectivity index (χ1v) is 11.3. The van der Waals surface area contributed by atoms with E-state index in [1.54, 1.807) is 11.9 Å². The van der Waals surface area contributed by atoms with Crippen molar-refractivity contribution in [3.8, 4) is 5.75 Å². The van der Waals surface area contributed by atoms with E-state index in [4.69, 9.17) is 4.74 Å². The molecule has 3 rings (SSSR count). The molecule has 1 heterocycles. The fourth-order valence-electron chi connectivity index (χ4n) is 3.44. The largest absolute Gasteiger partial charge is 0.485 e. The lowest BCUT2D eigenvalue weighted by atomic mass is 10.2. The predicted molar refractivity (Wildman–Crippen MR) is 124 cm³/mol. The predicted octanol–water partition coefficient (Wildman–Crippen LogP) is 3.41. The Balaban J connectivity index is 1.43. The number of para-hydroxylation sites is 2. The Morgan fingerprint density at radius 1 is 1.20 bits per heavy atom. The SMILES string of the molecule is CCN1C[C@@H](CN(C)C(=O)CSCC(=O)Nc2cccc(C)c2)Oc2ccccc21. The highest BCUT2D eigenvalue weighted by Crippen LogP contribution is 2.32. The summed E-state index contributed by atoms with van der Waals surface area (Å²) in [6.45, 7) is 6.25. The quantitative estimate of drug-likeness (QED) is 0.700. The van der Waals surface area contributed by atoms with Crippen LogP contribution in [0.4, 0.5) is 11.4 Å². The van der Waals surface area contributed by atoms with Crippen molar-refractivity contribution >= 4 is 35.0 Å². The minimum Gasteiger partial charge on any atom is -0.485 e. The zero-order chi connectivity index (χ0) is 21.5. The van der Waals surface area contributed by atoms with E-state index in [0.29, 0.717) is 6.54 Å². The summed E-state index contributed by atoms with van der Waals surface area (Å²) in [5.41, 5.74) is 2.96. The molecule has 0 aliphatic carbocycles. The maximum absolute atomic E-state index is 12.5. The number of carbonyl (C=O) groups excluding carboxylic acids is 2. The smallest absolute Gasteiger partial charge is 0.234 e. The Morgan fingerprint density at radius 3 is 2.77 bits per heavy atom. The van der Waals surface area contributed by atoms with Gasteiger partial charge < -0.3 is 19.9 Å². The van der Waals surface area contributed by atoms with Gasteiger partial charge in [0.1, 0.15) is 11.9 Å². The molecule has 0 aromatic heterocycles. The molecule has 2 amide bonds. The molecule has 0 bridgehead atoms. The Kier molecular flexibility index (Phi) is 7.63. The molecule has 0 saturated carbocycles. The minimum atomic E-state index is -0.105. The maximum Gasteiger partial charge on any atom is 0.234 e. The molecule has 1 aliphatic rings. The Morgan fingerprint density at radius 2 is 2.00 bits per heavy atom. The lowest BCUT2D eigenvalue weighted by molar-refractivity contribution is -0.128. The van der Waals surface area contributed by atoms with Gasteiger partial charge in [-0.2, -0.15) is 0 Å². The number of nitrogens with zero attached hydrogens (tertiary/aromatic N) is 2. The van der Waals surface area contributed by atoms with Crippen LogP contribution < -0.4 is 15.0 Å². The highest BCUT2D eigenvalue weighted by molar-refractivity contribution is 8.00. The van der Waals surface area contributed by atoms with Crippen LogP contribution in [0.2, 0.25) is 0 Å². The first-order valence-electron chi connectivity index (χ1n) is 10.1. The molecule has 1 N–H and O–H groups in total. The molecule has 2 aromatic rings. The minimum absolute atomic E-state index is 0.00568. The highest BCUT2D eigenvalue weighted by Gasteiger charge is 2.26. The van der Waals surface area contributed by atoms with Crippen LogP contribution in [0.15, 0.2) is 48.5 Å². The molecule has 0 saturated heterocycles. The second kappa shape index (κ2) is 10.4. The number of thioether (sulfide) groups is 1. The molecule has 160 valence electrons. The van der Waals surface area contributed by atoms with Crippen LogP contribution in [0.5, 0.6) is 5.75 Å². The van der Waals surface area contributed by atoms with Gasteiger partial charge in [0.05, 0.1) is 30.3 Å². The number of hydrogen-bond acceptors (Lipinski definition) is 5. The summed E-state index contributed by atoms with van der Waals surface area (Å²) in [6, 6.07) is 15.7. The monoisotopic (exact) mass is 427 g/mol. The van der Waals surface area contributed by atoms with Crippen LogP contribution in [0, 0.1) is 6.92 Å². The third-order valence-corrected chi connectivity index (χ3v) is 5.89. The highest BCUT2D eigenvalue weighted by atomic mass is 32.2. The van der Waals surface area contributed by atoms with Gasteiger partial charge >= 0.3 is 0 Å². The van der Waals surface area contributed by atoms with Crippen LogP contribution >= 0.6 is 11.8 Å². The van der Waals surface area contributed by atoms with Gasteiger partial charge in [-0.1, -0.05) is 24.3 Å². The number of likely N-dealkylation sites (N-methyl/N-ethyl adjacent to an activating group) is 2. The standard InChI is InChI=1S/C23H29N3O3S/c1-4-26-14-19(29-21-11-6-5-10-20(21)26)13-25(3)23(28)16-30-15-22(27)24-18-9-7-8-17(2)12-18/h5-12,19H,4,13-16H2,1-3H3,(H,24,27)/t19-/m1/s1. The summed E-state index contributed by atoms with van der Waals surface area (Å²) < 4.78 is 6.10. The van der Waals surface area contributed by atoms with E-state index in [-0.39, 0.29) is 29.4 Å². The second-order valence-electron chi connectivity index (χ2n) is 7.43. The number of benzene rings is 2. The number of anilines is 2. The van der Waals surface area contributed by atoms with Gasteiger partial charge in [-0.3, -0.25) is 9.59 Å². The molecule has 0 fully saturated rings. The molecule has 1 aliphatic heterocycles. The first-order chi connectivity index (χ1) is 14.5. The average molecular weight is 428 g/mol. The molecule has 7 heteroatoms. The molecule has 1 atom stereocenters. The van der Waals surface area contributed by atoms with E-state index in [2.05, 4.69) is 23.2 Å². The van der Waals surface area contributed by atoms with Crippen molar-refractivity contribution < 1.29 is 14.3 Å². The van der Waals surface area contributed by atoms with Gasteiger partial charge in [0.25, 0.3) is 0 Å². The van der Waals surface area contributed by atoms with E-state index < -0.39 is 0 Å². The van der Waals surface area contributed by atoms with Crippen molar-refractivity contribution in [2.45, 2.75) is 20.0 Å². The Hall–Kier alpha value is -2.67. The third-order valence-electron chi connectivity index (χ3n) is 4.97. The van der Waals surface area contributed by atoms with Gasteiger partial charge in [-0.05, 0) is 43.7 Å². The lowest BCUT2D eigenvalue weighted by Gasteiger charge is -2.37. The Labute approximate surface area is 182 Å². The van der Waals surface area contributed by atoms with Crippen LogP contribution in [0.1, 0.15) is 12.5 Å². The van der Waals surface area contributed by atoms with Crippen molar-refractivity contribution in [3.05, 3.63) is 54.1 Å². The fourth-order valence-corrected chi connectivity index (χ4v) is 4.20. The summed E-state index contributed by atoms with van der Waals surface area (Å²) in [6.07, 6.45) is -0.0802. The van der Waals surface area contributed by atoms with Crippen molar-refractivity contribution in [3.63, 3.8) is 0 Å². The van der Waals surface area contributed by atoms with E-state index in [1.165, 1.54) is 11.8 Å². The number of carbonyl (C=O) groups is 2. The van der Waals surface area contributed by atoms with Gasteiger partial charge in [0.15, 0.2) is 0 Å². The van der Waals surface area contributed by atoms with E-state index in [1.807, 2.05) is 49.4 Å². The number of fused-ring (bicyclic) bond motifs is 1. The number of amides is 2. The summed E-state index contributed by atoms with van der Waals surface area (Å²) in [4.78, 5) is 28.6. The summed E-state index contributed by atoms with van der Waals surface area (Å²) in [7, 11) is 1.79. The molecule has 0 radical (unpaired) electrons. The molecule has 0 spiro atoms.